The zero-order valence-corrected chi connectivity index (χ0v) is 16.4. The molecule has 0 atom stereocenters. The lowest BCUT2D eigenvalue weighted by molar-refractivity contribution is 0.246. The normalized spacial score (nSPS) is 14.4. The van der Waals surface area contributed by atoms with Crippen LogP contribution in [0.3, 0.4) is 0 Å². The van der Waals surface area contributed by atoms with Gasteiger partial charge in [0, 0.05) is 24.8 Å². The third-order valence-corrected chi connectivity index (χ3v) is 5.10. The van der Waals surface area contributed by atoms with Crippen molar-refractivity contribution in [2.45, 2.75) is 45.6 Å². The smallest absolute Gasteiger partial charge is 0.319 e. The van der Waals surface area contributed by atoms with Gasteiger partial charge in [0.15, 0.2) is 5.82 Å². The highest BCUT2D eigenvalue weighted by Gasteiger charge is 2.25. The van der Waals surface area contributed by atoms with Gasteiger partial charge in [0.25, 0.3) is 0 Å². The quantitative estimate of drug-likeness (QED) is 0.833. The fourth-order valence-corrected chi connectivity index (χ4v) is 3.61. The number of hydrogen-bond acceptors (Lipinski definition) is 5. The van der Waals surface area contributed by atoms with E-state index in [0.717, 1.165) is 55.7 Å². The summed E-state index contributed by atoms with van der Waals surface area (Å²) in [5, 5.41) is 24.3. The predicted molar refractivity (Wildman–Crippen MR) is 109 cm³/mol. The number of aromatic nitrogens is 2. The van der Waals surface area contributed by atoms with Crippen LogP contribution in [0.5, 0.6) is 0 Å². The number of amides is 2. The Bertz CT molecular complexity index is 853. The minimum atomic E-state index is -0.192. The lowest BCUT2D eigenvalue weighted by Gasteiger charge is -2.33. The molecular formula is C21H26N6O. The van der Waals surface area contributed by atoms with Crippen molar-refractivity contribution in [3.63, 3.8) is 0 Å². The van der Waals surface area contributed by atoms with Gasteiger partial charge in [0.1, 0.15) is 11.6 Å². The Hall–Kier alpha value is -3.14. The molecule has 0 saturated carbocycles. The summed E-state index contributed by atoms with van der Waals surface area (Å²) in [6.07, 6.45) is 3.14. The highest BCUT2D eigenvalue weighted by Crippen LogP contribution is 2.26. The molecule has 1 aliphatic rings. The first-order valence-corrected chi connectivity index (χ1v) is 9.82. The number of carbonyl (C=O) groups is 1. The number of piperidine rings is 1. The third kappa shape index (κ3) is 4.39. The number of anilines is 2. The number of nitrogens with one attached hydrogen (secondary N) is 2. The van der Waals surface area contributed by atoms with Gasteiger partial charge in [-0.05, 0) is 43.4 Å². The lowest BCUT2D eigenvalue weighted by Crippen LogP contribution is -2.46. The molecule has 1 fully saturated rings. The second kappa shape index (κ2) is 9.18. The van der Waals surface area contributed by atoms with Gasteiger partial charge >= 0.3 is 6.03 Å². The topological polar surface area (TPSA) is 93.9 Å². The minimum absolute atomic E-state index is 0.0963. The van der Waals surface area contributed by atoms with Gasteiger partial charge in [0.2, 0.25) is 0 Å². The van der Waals surface area contributed by atoms with Gasteiger partial charge < -0.3 is 15.5 Å². The molecule has 0 bridgehead atoms. The lowest BCUT2D eigenvalue weighted by atomic mass is 10.0. The standard InChI is InChI=1S/C21H26N6O/c1-3-17-18(14-22)20(26-25-19(17)4-2)27-12-10-16(11-13-27)24-21(28)23-15-8-6-5-7-9-15/h5-9,16H,3-4,10-13H2,1-2H3,(H2,23,24,28). The van der Waals surface area contributed by atoms with E-state index in [0.29, 0.717) is 11.4 Å². The van der Waals surface area contributed by atoms with E-state index in [1.807, 2.05) is 44.2 Å². The number of para-hydroxylation sites is 1. The van der Waals surface area contributed by atoms with Gasteiger partial charge in [-0.1, -0.05) is 32.0 Å². The Morgan fingerprint density at radius 1 is 1.18 bits per heavy atom. The van der Waals surface area contributed by atoms with E-state index < -0.39 is 0 Å². The van der Waals surface area contributed by atoms with Gasteiger partial charge in [-0.2, -0.15) is 10.4 Å². The molecule has 0 unspecified atom stereocenters. The van der Waals surface area contributed by atoms with Crippen molar-refractivity contribution in [2.24, 2.45) is 0 Å². The van der Waals surface area contributed by atoms with Crippen LogP contribution in [0.2, 0.25) is 0 Å². The van der Waals surface area contributed by atoms with Crippen molar-refractivity contribution < 1.29 is 4.79 Å². The second-order valence-electron chi connectivity index (χ2n) is 6.87. The van der Waals surface area contributed by atoms with E-state index >= 15 is 0 Å². The van der Waals surface area contributed by atoms with E-state index in [1.165, 1.54) is 0 Å². The predicted octanol–water partition coefficient (Wildman–Crippen LogP) is 3.26. The molecule has 0 aliphatic carbocycles. The SMILES string of the molecule is CCc1nnc(N2CCC(NC(=O)Nc3ccccc3)CC2)c(C#N)c1CC. The summed E-state index contributed by atoms with van der Waals surface area (Å²) < 4.78 is 0. The molecule has 0 radical (unpaired) electrons. The molecule has 146 valence electrons. The molecule has 1 aromatic heterocycles. The number of benzene rings is 1. The van der Waals surface area contributed by atoms with Crippen LogP contribution in [0.15, 0.2) is 30.3 Å². The molecule has 7 heteroatoms. The molecule has 2 heterocycles. The summed E-state index contributed by atoms with van der Waals surface area (Å²) in [7, 11) is 0. The molecule has 3 rings (SSSR count). The summed E-state index contributed by atoms with van der Waals surface area (Å²) in [6, 6.07) is 11.6. The van der Waals surface area contributed by atoms with Gasteiger partial charge in [0.05, 0.1) is 5.69 Å². The summed E-state index contributed by atoms with van der Waals surface area (Å²) >= 11 is 0. The Morgan fingerprint density at radius 2 is 1.89 bits per heavy atom. The maximum atomic E-state index is 12.2. The molecule has 1 aromatic carbocycles. The number of aryl methyl sites for hydroxylation is 1. The first-order valence-electron chi connectivity index (χ1n) is 9.82. The third-order valence-electron chi connectivity index (χ3n) is 5.10. The van der Waals surface area contributed by atoms with Crippen LogP contribution < -0.4 is 15.5 Å². The van der Waals surface area contributed by atoms with E-state index in [-0.39, 0.29) is 12.1 Å². The molecule has 1 saturated heterocycles. The second-order valence-corrected chi connectivity index (χ2v) is 6.87. The van der Waals surface area contributed by atoms with Crippen molar-refractivity contribution in [2.75, 3.05) is 23.3 Å². The molecule has 2 amide bonds. The Kier molecular flexibility index (Phi) is 6.43. The summed E-state index contributed by atoms with van der Waals surface area (Å²) in [5.41, 5.74) is 3.31. The zero-order chi connectivity index (χ0) is 19.9. The molecular weight excluding hydrogens is 352 g/mol. The van der Waals surface area contributed by atoms with Gasteiger partial charge in [-0.25, -0.2) is 4.79 Å². The van der Waals surface area contributed by atoms with Crippen LogP contribution in [0.25, 0.3) is 0 Å². The average molecular weight is 378 g/mol. The maximum absolute atomic E-state index is 12.2. The number of rotatable bonds is 5. The average Bonchev–Trinajstić information content (AvgIpc) is 2.73. The minimum Gasteiger partial charge on any atom is -0.354 e. The number of urea groups is 1. The van der Waals surface area contributed by atoms with Crippen LogP contribution >= 0.6 is 0 Å². The Labute approximate surface area is 165 Å². The highest BCUT2D eigenvalue weighted by molar-refractivity contribution is 5.89. The van der Waals surface area contributed by atoms with Crippen molar-refractivity contribution in [3.8, 4) is 6.07 Å². The fourth-order valence-electron chi connectivity index (χ4n) is 3.61. The van der Waals surface area contributed by atoms with Crippen LogP contribution in [-0.2, 0) is 12.8 Å². The fraction of sp³-hybridized carbons (Fsp3) is 0.429. The Balaban J connectivity index is 1.61. The van der Waals surface area contributed by atoms with E-state index in [4.69, 9.17) is 0 Å². The summed E-state index contributed by atoms with van der Waals surface area (Å²) in [6.45, 7) is 5.53. The maximum Gasteiger partial charge on any atom is 0.319 e. The number of nitrogens with zero attached hydrogens (tertiary/aromatic N) is 4. The van der Waals surface area contributed by atoms with Crippen LogP contribution in [-0.4, -0.2) is 35.4 Å². The Morgan fingerprint density at radius 3 is 2.50 bits per heavy atom. The summed E-state index contributed by atoms with van der Waals surface area (Å²) in [5.74, 6) is 0.670. The van der Waals surface area contributed by atoms with E-state index in [2.05, 4.69) is 31.8 Å². The van der Waals surface area contributed by atoms with E-state index in [9.17, 15) is 10.1 Å². The first-order chi connectivity index (χ1) is 13.7. The molecule has 28 heavy (non-hydrogen) atoms. The molecule has 0 spiro atoms. The van der Waals surface area contributed by atoms with Gasteiger partial charge in [-0.3, -0.25) is 0 Å². The largest absolute Gasteiger partial charge is 0.354 e. The van der Waals surface area contributed by atoms with Gasteiger partial charge in [-0.15, -0.1) is 5.10 Å². The van der Waals surface area contributed by atoms with E-state index in [1.54, 1.807) is 0 Å². The van der Waals surface area contributed by atoms with Crippen LogP contribution in [0, 0.1) is 11.3 Å². The van der Waals surface area contributed by atoms with Crippen LogP contribution in [0.1, 0.15) is 43.5 Å². The monoisotopic (exact) mass is 378 g/mol. The van der Waals surface area contributed by atoms with Crippen molar-refractivity contribution in [3.05, 3.63) is 47.2 Å². The number of nitriles is 1. The van der Waals surface area contributed by atoms with Crippen LogP contribution in [0.4, 0.5) is 16.3 Å². The van der Waals surface area contributed by atoms with Crippen molar-refractivity contribution in [1.82, 2.24) is 15.5 Å². The summed E-state index contributed by atoms with van der Waals surface area (Å²) in [4.78, 5) is 14.3. The molecule has 7 nitrogen and oxygen atoms in total. The zero-order valence-electron chi connectivity index (χ0n) is 16.4. The van der Waals surface area contributed by atoms with Crippen molar-refractivity contribution >= 4 is 17.5 Å². The highest BCUT2D eigenvalue weighted by atomic mass is 16.2. The molecule has 2 N–H and O–H groups in total. The number of hydrogen-bond donors (Lipinski definition) is 2. The molecule has 2 aromatic rings. The van der Waals surface area contributed by atoms with Crippen molar-refractivity contribution in [1.29, 1.82) is 5.26 Å². The first kappa shape index (κ1) is 19.6. The number of carbonyl (C=O) groups excluding carboxylic acids is 1. The molecule has 1 aliphatic heterocycles.